The first-order valence-electron chi connectivity index (χ1n) is 11.6. The van der Waals surface area contributed by atoms with E-state index in [1.165, 1.54) is 13.8 Å². The second-order valence-corrected chi connectivity index (χ2v) is 9.21. The fourth-order valence-electron chi connectivity index (χ4n) is 2.57. The molecule has 0 aromatic rings. The Kier molecular flexibility index (Phi) is 22.9. The van der Waals surface area contributed by atoms with Gasteiger partial charge in [-0.05, 0) is 50.9 Å². The molecule has 35 heavy (non-hydrogen) atoms. The maximum Gasteiger partial charge on any atom is 0.330 e. The second kappa shape index (κ2) is 21.8. The Morgan fingerprint density at radius 3 is 1.54 bits per heavy atom. The van der Waals surface area contributed by atoms with Gasteiger partial charge in [0.1, 0.15) is 0 Å². The molecule has 0 fully saturated rings. The standard InChI is InChI=1S/C17H34N2O4.2C4H6O2/c1-14(8-9-18-15(22)6-4-10-20)12-17(2,3)13-19-16(23)7-5-11-21;2*1-3(2)4(5)6/h14,20-21H,4-13H2,1-3H3,(H,18,22)(H,19,23);2*1H2,2H3,(H,5,6). The van der Waals surface area contributed by atoms with Gasteiger partial charge in [0, 0.05) is 50.3 Å². The monoisotopic (exact) mass is 502 g/mol. The molecule has 0 radical (unpaired) electrons. The largest absolute Gasteiger partial charge is 0.478 e. The highest BCUT2D eigenvalue weighted by Crippen LogP contribution is 2.26. The molecule has 0 rings (SSSR count). The minimum atomic E-state index is -0.935. The van der Waals surface area contributed by atoms with Crippen LogP contribution in [0.3, 0.4) is 0 Å². The molecule has 0 heterocycles. The van der Waals surface area contributed by atoms with Crippen LogP contribution in [-0.2, 0) is 19.2 Å². The fraction of sp³-hybridized carbons (Fsp3) is 0.680. The third kappa shape index (κ3) is 29.2. The number of carboxylic acid groups (broad SMARTS) is 2. The zero-order valence-corrected chi connectivity index (χ0v) is 22.0. The van der Waals surface area contributed by atoms with Crippen LogP contribution in [0.4, 0.5) is 0 Å². The van der Waals surface area contributed by atoms with Crippen molar-refractivity contribution in [3.8, 4) is 0 Å². The third-order valence-corrected chi connectivity index (χ3v) is 4.48. The molecule has 0 bridgehead atoms. The molecule has 1 unspecified atom stereocenters. The lowest BCUT2D eigenvalue weighted by Crippen LogP contribution is -2.35. The molecule has 0 spiro atoms. The quantitative estimate of drug-likeness (QED) is 0.185. The van der Waals surface area contributed by atoms with E-state index in [0.29, 0.717) is 44.7 Å². The first-order chi connectivity index (χ1) is 16.1. The van der Waals surface area contributed by atoms with E-state index in [4.69, 9.17) is 20.4 Å². The normalized spacial score (nSPS) is 10.9. The van der Waals surface area contributed by atoms with E-state index in [2.05, 4.69) is 44.6 Å². The summed E-state index contributed by atoms with van der Waals surface area (Å²) in [6, 6.07) is 0. The average Bonchev–Trinajstić information content (AvgIpc) is 2.75. The Balaban J connectivity index is -0.000000697. The van der Waals surface area contributed by atoms with E-state index in [9.17, 15) is 19.2 Å². The van der Waals surface area contributed by atoms with Crippen LogP contribution >= 0.6 is 0 Å². The molecule has 0 saturated carbocycles. The number of aliphatic hydroxyl groups is 2. The van der Waals surface area contributed by atoms with Gasteiger partial charge in [-0.15, -0.1) is 0 Å². The third-order valence-electron chi connectivity index (χ3n) is 4.48. The van der Waals surface area contributed by atoms with Crippen LogP contribution in [0.15, 0.2) is 24.3 Å². The number of carbonyl (C=O) groups is 4. The van der Waals surface area contributed by atoms with Crippen LogP contribution in [0.1, 0.15) is 73.1 Å². The van der Waals surface area contributed by atoms with E-state index in [1.54, 1.807) is 0 Å². The fourth-order valence-corrected chi connectivity index (χ4v) is 2.57. The number of carbonyl (C=O) groups excluding carboxylic acids is 2. The number of nitrogens with one attached hydrogen (secondary N) is 2. The minimum Gasteiger partial charge on any atom is -0.478 e. The number of aliphatic carboxylic acids is 2. The van der Waals surface area contributed by atoms with Crippen molar-refractivity contribution in [3.63, 3.8) is 0 Å². The zero-order chi connectivity index (χ0) is 28.0. The molecule has 0 aromatic heterocycles. The average molecular weight is 503 g/mol. The SMILES string of the molecule is C=C(C)C(=O)O.C=C(C)C(=O)O.CC(CCNC(=O)CCCO)CC(C)(C)CNC(=O)CCCO. The lowest BCUT2D eigenvalue weighted by atomic mass is 9.82. The second-order valence-electron chi connectivity index (χ2n) is 9.21. The highest BCUT2D eigenvalue weighted by molar-refractivity contribution is 5.85. The molecular formula is C25H46N2O8. The van der Waals surface area contributed by atoms with Crippen molar-refractivity contribution in [2.45, 2.75) is 73.1 Å². The number of carboxylic acids is 2. The van der Waals surface area contributed by atoms with Crippen molar-refractivity contribution >= 4 is 23.8 Å². The highest BCUT2D eigenvalue weighted by Gasteiger charge is 2.22. The zero-order valence-electron chi connectivity index (χ0n) is 22.0. The van der Waals surface area contributed by atoms with Crippen LogP contribution in [0.2, 0.25) is 0 Å². The van der Waals surface area contributed by atoms with Crippen molar-refractivity contribution < 1.29 is 39.6 Å². The predicted molar refractivity (Wildman–Crippen MR) is 136 cm³/mol. The Morgan fingerprint density at radius 1 is 0.829 bits per heavy atom. The van der Waals surface area contributed by atoms with Crippen LogP contribution < -0.4 is 10.6 Å². The van der Waals surface area contributed by atoms with E-state index < -0.39 is 11.9 Å². The van der Waals surface area contributed by atoms with Gasteiger partial charge in [0.05, 0.1) is 0 Å². The van der Waals surface area contributed by atoms with Gasteiger partial charge in [-0.1, -0.05) is 33.9 Å². The van der Waals surface area contributed by atoms with Crippen LogP contribution in [0.25, 0.3) is 0 Å². The Labute approximate surface area is 209 Å². The van der Waals surface area contributed by atoms with E-state index in [1.807, 2.05) is 0 Å². The van der Waals surface area contributed by atoms with Gasteiger partial charge < -0.3 is 31.1 Å². The first kappa shape index (κ1) is 36.8. The van der Waals surface area contributed by atoms with Crippen molar-refractivity contribution in [3.05, 3.63) is 24.3 Å². The van der Waals surface area contributed by atoms with E-state index in [-0.39, 0.29) is 41.6 Å². The maximum atomic E-state index is 11.6. The van der Waals surface area contributed by atoms with Crippen LogP contribution in [0, 0.1) is 11.3 Å². The molecule has 1 atom stereocenters. The number of amides is 2. The molecule has 0 aliphatic rings. The summed E-state index contributed by atoms with van der Waals surface area (Å²) in [6.07, 6.45) is 3.59. The maximum absolute atomic E-state index is 11.6. The van der Waals surface area contributed by atoms with Gasteiger partial charge in [0.2, 0.25) is 11.8 Å². The van der Waals surface area contributed by atoms with Gasteiger partial charge in [-0.3, -0.25) is 9.59 Å². The van der Waals surface area contributed by atoms with Crippen molar-refractivity contribution in [2.24, 2.45) is 11.3 Å². The molecule has 2 amide bonds. The lowest BCUT2D eigenvalue weighted by molar-refractivity contribution is -0.133. The van der Waals surface area contributed by atoms with Gasteiger partial charge in [-0.2, -0.15) is 0 Å². The summed E-state index contributed by atoms with van der Waals surface area (Å²) < 4.78 is 0. The molecule has 0 aliphatic carbocycles. The summed E-state index contributed by atoms with van der Waals surface area (Å²) in [7, 11) is 0. The molecule has 204 valence electrons. The highest BCUT2D eigenvalue weighted by atomic mass is 16.4. The van der Waals surface area contributed by atoms with Crippen LogP contribution in [0.5, 0.6) is 0 Å². The summed E-state index contributed by atoms with van der Waals surface area (Å²) >= 11 is 0. The number of rotatable bonds is 15. The summed E-state index contributed by atoms with van der Waals surface area (Å²) in [5, 5.41) is 38.9. The number of hydrogen-bond acceptors (Lipinski definition) is 6. The summed E-state index contributed by atoms with van der Waals surface area (Å²) in [5.74, 6) is -1.46. The smallest absolute Gasteiger partial charge is 0.330 e. The van der Waals surface area contributed by atoms with Crippen molar-refractivity contribution in [1.82, 2.24) is 10.6 Å². The topological polar surface area (TPSA) is 173 Å². The Morgan fingerprint density at radius 2 is 1.20 bits per heavy atom. The van der Waals surface area contributed by atoms with Crippen molar-refractivity contribution in [1.29, 1.82) is 0 Å². The summed E-state index contributed by atoms with van der Waals surface area (Å²) in [4.78, 5) is 42.2. The summed E-state index contributed by atoms with van der Waals surface area (Å²) in [5.41, 5.74) is 0.347. The van der Waals surface area contributed by atoms with Gasteiger partial charge in [-0.25, -0.2) is 9.59 Å². The molecule has 6 N–H and O–H groups in total. The molecular weight excluding hydrogens is 456 g/mol. The van der Waals surface area contributed by atoms with Gasteiger partial charge in [0.15, 0.2) is 0 Å². The minimum absolute atomic E-state index is 0.00477. The van der Waals surface area contributed by atoms with Gasteiger partial charge >= 0.3 is 11.9 Å². The van der Waals surface area contributed by atoms with Crippen LogP contribution in [-0.4, -0.2) is 70.5 Å². The molecule has 10 nitrogen and oxygen atoms in total. The Bertz CT molecular complexity index is 626. The van der Waals surface area contributed by atoms with Gasteiger partial charge in [0.25, 0.3) is 0 Å². The predicted octanol–water partition coefficient (Wildman–Crippen LogP) is 2.50. The van der Waals surface area contributed by atoms with Crippen molar-refractivity contribution in [2.75, 3.05) is 26.3 Å². The number of aliphatic hydroxyl groups excluding tert-OH is 2. The lowest BCUT2D eigenvalue weighted by Gasteiger charge is -2.28. The Hall–Kier alpha value is -2.72. The molecule has 0 saturated heterocycles. The summed E-state index contributed by atoms with van der Waals surface area (Å²) in [6.45, 7) is 16.9. The molecule has 0 aliphatic heterocycles. The van der Waals surface area contributed by atoms with E-state index >= 15 is 0 Å². The first-order valence-corrected chi connectivity index (χ1v) is 11.6. The number of hydrogen-bond donors (Lipinski definition) is 6. The molecule has 0 aromatic carbocycles. The van der Waals surface area contributed by atoms with E-state index in [0.717, 1.165) is 12.8 Å². The molecule has 10 heteroatoms.